The maximum atomic E-state index is 12.6. The van der Waals surface area contributed by atoms with Crippen LogP contribution in [0.3, 0.4) is 0 Å². The molecule has 1 amide bonds. The predicted molar refractivity (Wildman–Crippen MR) is 122 cm³/mol. The highest BCUT2D eigenvalue weighted by molar-refractivity contribution is 6.05. The standard InChI is InChI=1S/C23H26N4O6/c1-4-26-22(19(14-24-26)27(29)30)23(28)25-17-8-10-18(11-9-17)33-15-16-7-12-20(31-5-2)21(13-16)32-6-3/h7-14H,4-6,15H2,1-3H3,(H,25,28). The van der Waals surface area contributed by atoms with Crippen molar-refractivity contribution in [3.05, 3.63) is 70.0 Å². The molecule has 1 N–H and O–H groups in total. The van der Waals surface area contributed by atoms with E-state index in [4.69, 9.17) is 14.2 Å². The lowest BCUT2D eigenvalue weighted by molar-refractivity contribution is -0.385. The van der Waals surface area contributed by atoms with E-state index in [0.717, 1.165) is 11.8 Å². The van der Waals surface area contributed by atoms with Crippen molar-refractivity contribution in [2.45, 2.75) is 33.9 Å². The van der Waals surface area contributed by atoms with Gasteiger partial charge in [-0.05, 0) is 62.7 Å². The first-order valence-electron chi connectivity index (χ1n) is 10.6. The molecule has 10 heteroatoms. The number of hydrogen-bond donors (Lipinski definition) is 1. The van der Waals surface area contributed by atoms with Gasteiger partial charge in [-0.15, -0.1) is 0 Å². The van der Waals surface area contributed by atoms with Crippen LogP contribution < -0.4 is 19.5 Å². The van der Waals surface area contributed by atoms with Crippen LogP contribution in [-0.2, 0) is 13.2 Å². The molecule has 0 spiro atoms. The predicted octanol–water partition coefficient (Wildman–Crippen LogP) is 4.44. The molecule has 174 valence electrons. The molecule has 0 saturated carbocycles. The highest BCUT2D eigenvalue weighted by Gasteiger charge is 2.26. The number of carbonyl (C=O) groups excluding carboxylic acids is 1. The maximum Gasteiger partial charge on any atom is 0.320 e. The summed E-state index contributed by atoms with van der Waals surface area (Å²) in [5, 5.41) is 17.8. The van der Waals surface area contributed by atoms with Gasteiger partial charge in [-0.1, -0.05) is 6.07 Å². The Labute approximate surface area is 191 Å². The first-order chi connectivity index (χ1) is 16.0. The SMILES string of the molecule is CCOc1ccc(COc2ccc(NC(=O)c3c([N+](=O)[O-])cnn3CC)cc2)cc1OCC. The minimum absolute atomic E-state index is 0.0940. The molecule has 0 bridgehead atoms. The Bertz CT molecular complexity index is 1110. The second kappa shape index (κ2) is 11.0. The third-order valence-corrected chi connectivity index (χ3v) is 4.66. The topological polar surface area (TPSA) is 118 Å². The van der Waals surface area contributed by atoms with Crippen LogP contribution in [0.25, 0.3) is 0 Å². The zero-order valence-corrected chi connectivity index (χ0v) is 18.7. The van der Waals surface area contributed by atoms with Crippen LogP contribution in [0.1, 0.15) is 36.8 Å². The number of nitrogens with zero attached hydrogens (tertiary/aromatic N) is 3. The monoisotopic (exact) mass is 454 g/mol. The Morgan fingerprint density at radius 2 is 1.73 bits per heavy atom. The van der Waals surface area contributed by atoms with Crippen molar-refractivity contribution in [1.82, 2.24) is 9.78 Å². The lowest BCUT2D eigenvalue weighted by atomic mass is 10.2. The van der Waals surface area contributed by atoms with Gasteiger partial charge in [0.2, 0.25) is 5.69 Å². The molecule has 0 radical (unpaired) electrons. The van der Waals surface area contributed by atoms with E-state index >= 15 is 0 Å². The summed E-state index contributed by atoms with van der Waals surface area (Å²) in [6.07, 6.45) is 1.08. The van der Waals surface area contributed by atoms with Crippen molar-refractivity contribution in [2.24, 2.45) is 0 Å². The average molecular weight is 454 g/mol. The van der Waals surface area contributed by atoms with Gasteiger partial charge in [0, 0.05) is 12.2 Å². The van der Waals surface area contributed by atoms with Crippen molar-refractivity contribution in [2.75, 3.05) is 18.5 Å². The summed E-state index contributed by atoms with van der Waals surface area (Å²) in [5.74, 6) is 1.35. The molecule has 0 aliphatic heterocycles. The Kier molecular flexibility index (Phi) is 7.85. The number of rotatable bonds is 11. The molecule has 2 aromatic carbocycles. The molecule has 0 aliphatic rings. The number of nitro groups is 1. The van der Waals surface area contributed by atoms with Crippen molar-refractivity contribution in [3.63, 3.8) is 0 Å². The first-order valence-corrected chi connectivity index (χ1v) is 10.6. The quantitative estimate of drug-likeness (QED) is 0.336. The van der Waals surface area contributed by atoms with Crippen molar-refractivity contribution >= 4 is 17.3 Å². The van der Waals surface area contributed by atoms with Crippen LogP contribution in [0.4, 0.5) is 11.4 Å². The third kappa shape index (κ3) is 5.79. The van der Waals surface area contributed by atoms with E-state index in [2.05, 4.69) is 10.4 Å². The number of ether oxygens (including phenoxy) is 3. The van der Waals surface area contributed by atoms with E-state index in [0.29, 0.717) is 49.3 Å². The number of aromatic nitrogens is 2. The largest absolute Gasteiger partial charge is 0.490 e. The Hall–Kier alpha value is -4.08. The lowest BCUT2D eigenvalue weighted by Gasteiger charge is -2.13. The molecule has 3 rings (SSSR count). The minimum atomic E-state index is -0.622. The van der Waals surface area contributed by atoms with Gasteiger partial charge in [0.05, 0.1) is 18.1 Å². The van der Waals surface area contributed by atoms with Crippen molar-refractivity contribution in [1.29, 1.82) is 0 Å². The van der Waals surface area contributed by atoms with Crippen molar-refractivity contribution < 1.29 is 23.9 Å². The number of benzene rings is 2. The molecule has 0 atom stereocenters. The highest BCUT2D eigenvalue weighted by Crippen LogP contribution is 2.29. The molecule has 3 aromatic rings. The minimum Gasteiger partial charge on any atom is -0.490 e. The number of nitrogens with one attached hydrogen (secondary N) is 1. The number of amides is 1. The fourth-order valence-corrected chi connectivity index (χ4v) is 3.16. The van der Waals surface area contributed by atoms with Gasteiger partial charge in [0.15, 0.2) is 11.5 Å². The highest BCUT2D eigenvalue weighted by atomic mass is 16.6. The Balaban J connectivity index is 1.64. The Morgan fingerprint density at radius 3 is 2.36 bits per heavy atom. The molecule has 10 nitrogen and oxygen atoms in total. The van der Waals surface area contributed by atoms with E-state index in [-0.39, 0.29) is 11.4 Å². The second-order valence-corrected chi connectivity index (χ2v) is 6.87. The van der Waals surface area contributed by atoms with Gasteiger partial charge in [-0.3, -0.25) is 19.6 Å². The van der Waals surface area contributed by atoms with Gasteiger partial charge in [0.1, 0.15) is 18.6 Å². The van der Waals surface area contributed by atoms with Gasteiger partial charge in [0.25, 0.3) is 5.91 Å². The van der Waals surface area contributed by atoms with Crippen LogP contribution in [0.15, 0.2) is 48.7 Å². The molecule has 0 unspecified atom stereocenters. The van der Waals surface area contributed by atoms with Crippen LogP contribution in [0.5, 0.6) is 17.2 Å². The van der Waals surface area contributed by atoms with Gasteiger partial charge in [-0.25, -0.2) is 0 Å². The van der Waals surface area contributed by atoms with Gasteiger partial charge >= 0.3 is 5.69 Å². The summed E-state index contributed by atoms with van der Waals surface area (Å²) in [4.78, 5) is 23.2. The Morgan fingerprint density at radius 1 is 1.03 bits per heavy atom. The number of anilines is 1. The van der Waals surface area contributed by atoms with Crippen LogP contribution in [-0.4, -0.2) is 33.8 Å². The zero-order chi connectivity index (χ0) is 23.8. The molecule has 0 saturated heterocycles. The van der Waals surface area contributed by atoms with Crippen LogP contribution in [0.2, 0.25) is 0 Å². The summed E-state index contributed by atoms with van der Waals surface area (Å²) in [7, 11) is 0. The van der Waals surface area contributed by atoms with Gasteiger partial charge < -0.3 is 19.5 Å². The first kappa shape index (κ1) is 23.6. The average Bonchev–Trinajstić information content (AvgIpc) is 3.25. The molecule has 1 heterocycles. The number of aryl methyl sites for hydroxylation is 1. The lowest BCUT2D eigenvalue weighted by Crippen LogP contribution is -2.18. The molecule has 0 aliphatic carbocycles. The van der Waals surface area contributed by atoms with E-state index in [1.165, 1.54) is 4.68 Å². The fraction of sp³-hybridized carbons (Fsp3) is 0.304. The maximum absolute atomic E-state index is 12.6. The van der Waals surface area contributed by atoms with E-state index in [1.807, 2.05) is 32.0 Å². The van der Waals surface area contributed by atoms with Crippen LogP contribution >= 0.6 is 0 Å². The van der Waals surface area contributed by atoms with Crippen molar-refractivity contribution in [3.8, 4) is 17.2 Å². The fourth-order valence-electron chi connectivity index (χ4n) is 3.16. The number of hydrogen-bond acceptors (Lipinski definition) is 7. The smallest absolute Gasteiger partial charge is 0.320 e. The normalized spacial score (nSPS) is 10.5. The van der Waals surface area contributed by atoms with E-state index < -0.39 is 10.8 Å². The van der Waals surface area contributed by atoms with Crippen LogP contribution in [0, 0.1) is 10.1 Å². The van der Waals surface area contributed by atoms with Gasteiger partial charge in [-0.2, -0.15) is 5.10 Å². The second-order valence-electron chi connectivity index (χ2n) is 6.87. The summed E-state index contributed by atoms with van der Waals surface area (Å²) in [6, 6.07) is 12.4. The molecule has 0 fully saturated rings. The molecular formula is C23H26N4O6. The molecule has 1 aromatic heterocycles. The third-order valence-electron chi connectivity index (χ3n) is 4.66. The molecular weight excluding hydrogens is 428 g/mol. The summed E-state index contributed by atoms with van der Waals surface area (Å²) in [6.45, 7) is 7.31. The van der Waals surface area contributed by atoms with E-state index in [9.17, 15) is 14.9 Å². The summed E-state index contributed by atoms with van der Waals surface area (Å²) in [5.41, 5.74) is 0.962. The molecule has 33 heavy (non-hydrogen) atoms. The number of carbonyl (C=O) groups is 1. The summed E-state index contributed by atoms with van der Waals surface area (Å²) >= 11 is 0. The van der Waals surface area contributed by atoms with E-state index in [1.54, 1.807) is 31.2 Å². The summed E-state index contributed by atoms with van der Waals surface area (Å²) < 4.78 is 18.3. The zero-order valence-electron chi connectivity index (χ0n) is 18.7.